The van der Waals surface area contributed by atoms with Gasteiger partial charge in [0.2, 0.25) is 0 Å². The molecule has 0 unspecified atom stereocenters. The molecule has 116 valence electrons. The minimum atomic E-state index is -1.00. The Labute approximate surface area is 131 Å². The maximum Gasteiger partial charge on any atom is 0.351 e. The molecule has 0 saturated carbocycles. The van der Waals surface area contributed by atoms with Crippen LogP contribution in [0.15, 0.2) is 24.3 Å². The minimum Gasteiger partial charge on any atom is -0.448 e. The molecule has 2 rings (SSSR count). The second-order valence-corrected chi connectivity index (χ2v) is 5.90. The van der Waals surface area contributed by atoms with Gasteiger partial charge in [-0.15, -0.1) is 11.3 Å². The Kier molecular flexibility index (Phi) is 4.87. The van der Waals surface area contributed by atoms with E-state index >= 15 is 0 Å². The Morgan fingerprint density at radius 3 is 2.68 bits per heavy atom. The van der Waals surface area contributed by atoms with Crippen LogP contribution in [0.1, 0.15) is 27.3 Å². The van der Waals surface area contributed by atoms with Gasteiger partial charge in [-0.25, -0.2) is 14.2 Å². The Hall–Kier alpha value is -2.28. The van der Waals surface area contributed by atoms with E-state index in [1.165, 1.54) is 36.5 Å². The summed E-state index contributed by atoms with van der Waals surface area (Å²) < 4.78 is 18.2. The molecule has 0 saturated heterocycles. The molecular formula is C15H15FN2O3S. The van der Waals surface area contributed by atoms with Crippen molar-refractivity contribution in [1.29, 1.82) is 0 Å². The first-order chi connectivity index (χ1) is 10.4. The number of aromatic nitrogens is 1. The number of hydrogen-bond acceptors (Lipinski definition) is 5. The predicted molar refractivity (Wildman–Crippen MR) is 81.5 cm³/mol. The Morgan fingerprint density at radius 1 is 1.36 bits per heavy atom. The molecule has 2 aromatic rings. The fraction of sp³-hybridized carbons (Fsp3) is 0.267. The lowest BCUT2D eigenvalue weighted by molar-refractivity contribution is -0.123. The topological polar surface area (TPSA) is 68.3 Å². The first kappa shape index (κ1) is 16.1. The third-order valence-electron chi connectivity index (χ3n) is 2.83. The fourth-order valence-electron chi connectivity index (χ4n) is 1.80. The number of amides is 1. The van der Waals surface area contributed by atoms with E-state index in [1.807, 2.05) is 0 Å². The van der Waals surface area contributed by atoms with Gasteiger partial charge in [0.1, 0.15) is 10.7 Å². The number of rotatable bonds is 4. The van der Waals surface area contributed by atoms with Crippen molar-refractivity contribution in [3.8, 4) is 0 Å². The molecule has 1 N–H and O–H groups in total. The smallest absolute Gasteiger partial charge is 0.351 e. The van der Waals surface area contributed by atoms with E-state index in [9.17, 15) is 14.0 Å². The highest BCUT2D eigenvalue weighted by atomic mass is 32.1. The minimum absolute atomic E-state index is 0.303. The number of nitrogens with one attached hydrogen (secondary N) is 1. The molecule has 5 nitrogen and oxygen atoms in total. The van der Waals surface area contributed by atoms with Crippen LogP contribution in [0.25, 0.3) is 0 Å². The first-order valence-corrected chi connectivity index (χ1v) is 7.40. The van der Waals surface area contributed by atoms with E-state index in [2.05, 4.69) is 10.3 Å². The number of benzene rings is 1. The number of hydrogen-bond donors (Lipinski definition) is 1. The van der Waals surface area contributed by atoms with Gasteiger partial charge in [0, 0.05) is 5.69 Å². The zero-order chi connectivity index (χ0) is 16.3. The Morgan fingerprint density at radius 2 is 2.09 bits per heavy atom. The molecule has 0 aliphatic carbocycles. The first-order valence-electron chi connectivity index (χ1n) is 6.58. The summed E-state index contributed by atoms with van der Waals surface area (Å²) in [5, 5.41) is 3.24. The number of ether oxygens (including phenoxy) is 1. The molecule has 0 fully saturated rings. The number of carbonyl (C=O) groups excluding carboxylic acids is 2. The average Bonchev–Trinajstić information content (AvgIpc) is 2.77. The zero-order valence-electron chi connectivity index (χ0n) is 12.3. The number of esters is 1. The Bertz CT molecular complexity index is 715. The van der Waals surface area contributed by atoms with Gasteiger partial charge in [-0.3, -0.25) is 4.79 Å². The Balaban J connectivity index is 1.99. The molecule has 0 aliphatic rings. The summed E-state index contributed by atoms with van der Waals surface area (Å²) in [6.07, 6.45) is -1.00. The highest BCUT2D eigenvalue weighted by Crippen LogP contribution is 2.19. The number of carbonyl (C=O) groups is 2. The number of anilines is 1. The van der Waals surface area contributed by atoms with Gasteiger partial charge in [-0.2, -0.15) is 0 Å². The van der Waals surface area contributed by atoms with E-state index in [4.69, 9.17) is 4.74 Å². The van der Waals surface area contributed by atoms with Crippen molar-refractivity contribution < 1.29 is 18.7 Å². The van der Waals surface area contributed by atoms with Gasteiger partial charge < -0.3 is 10.1 Å². The summed E-state index contributed by atoms with van der Waals surface area (Å²) in [7, 11) is 0. The summed E-state index contributed by atoms with van der Waals surface area (Å²) in [4.78, 5) is 28.5. The number of nitrogens with zero attached hydrogens (tertiary/aromatic N) is 1. The summed E-state index contributed by atoms with van der Waals surface area (Å²) >= 11 is 1.22. The number of aryl methyl sites for hydroxylation is 2. The molecule has 0 bridgehead atoms. The van der Waals surface area contributed by atoms with Crippen molar-refractivity contribution >= 4 is 28.9 Å². The maximum absolute atomic E-state index is 13.1. The van der Waals surface area contributed by atoms with Crippen LogP contribution in [0.3, 0.4) is 0 Å². The molecule has 22 heavy (non-hydrogen) atoms. The van der Waals surface area contributed by atoms with E-state index in [-0.39, 0.29) is 0 Å². The summed E-state index contributed by atoms with van der Waals surface area (Å²) in [6, 6.07) is 5.48. The summed E-state index contributed by atoms with van der Waals surface area (Å²) in [5.74, 6) is -1.58. The molecule has 0 radical (unpaired) electrons. The molecule has 0 aliphatic heterocycles. The summed E-state index contributed by atoms with van der Waals surface area (Å²) in [6.45, 7) is 4.95. The third-order valence-corrected chi connectivity index (χ3v) is 3.89. The van der Waals surface area contributed by atoms with E-state index in [0.717, 1.165) is 5.01 Å². The van der Waals surface area contributed by atoms with Gasteiger partial charge in [-0.1, -0.05) is 6.07 Å². The van der Waals surface area contributed by atoms with Crippen molar-refractivity contribution in [1.82, 2.24) is 4.98 Å². The highest BCUT2D eigenvalue weighted by Gasteiger charge is 2.22. The van der Waals surface area contributed by atoms with Gasteiger partial charge >= 0.3 is 5.97 Å². The number of halogens is 1. The van der Waals surface area contributed by atoms with E-state index < -0.39 is 23.8 Å². The van der Waals surface area contributed by atoms with Gasteiger partial charge in [0.15, 0.2) is 6.10 Å². The van der Waals surface area contributed by atoms with Crippen molar-refractivity contribution in [3.05, 3.63) is 45.7 Å². The van der Waals surface area contributed by atoms with Crippen LogP contribution in [0.5, 0.6) is 0 Å². The average molecular weight is 322 g/mol. The van der Waals surface area contributed by atoms with Crippen LogP contribution in [-0.4, -0.2) is 23.0 Å². The van der Waals surface area contributed by atoms with Crippen LogP contribution < -0.4 is 5.32 Å². The van der Waals surface area contributed by atoms with Gasteiger partial charge in [-0.05, 0) is 39.0 Å². The molecule has 7 heteroatoms. The molecule has 1 amide bonds. The lowest BCUT2D eigenvalue weighted by Crippen LogP contribution is -2.30. The second-order valence-electron chi connectivity index (χ2n) is 4.69. The van der Waals surface area contributed by atoms with Crippen molar-refractivity contribution in [3.63, 3.8) is 0 Å². The van der Waals surface area contributed by atoms with Crippen molar-refractivity contribution in [2.24, 2.45) is 0 Å². The highest BCUT2D eigenvalue weighted by molar-refractivity contribution is 7.13. The third kappa shape index (κ3) is 3.88. The molecule has 1 heterocycles. The predicted octanol–water partition coefficient (Wildman–Crippen LogP) is 3.08. The molecule has 1 atom stereocenters. The van der Waals surface area contributed by atoms with Gasteiger partial charge in [0.05, 0.1) is 10.7 Å². The monoisotopic (exact) mass is 322 g/mol. The lowest BCUT2D eigenvalue weighted by Gasteiger charge is -2.13. The second kappa shape index (κ2) is 6.65. The van der Waals surface area contributed by atoms with Gasteiger partial charge in [0.25, 0.3) is 5.91 Å². The van der Waals surface area contributed by atoms with Crippen LogP contribution in [0.2, 0.25) is 0 Å². The van der Waals surface area contributed by atoms with Crippen molar-refractivity contribution in [2.75, 3.05) is 5.32 Å². The van der Waals surface area contributed by atoms with Crippen molar-refractivity contribution in [2.45, 2.75) is 26.9 Å². The van der Waals surface area contributed by atoms with Crippen LogP contribution >= 0.6 is 11.3 Å². The fourth-order valence-corrected chi connectivity index (χ4v) is 2.60. The summed E-state index contributed by atoms with van der Waals surface area (Å²) in [5.41, 5.74) is 0.878. The molecule has 0 spiro atoms. The van der Waals surface area contributed by atoms with E-state index in [1.54, 1.807) is 19.9 Å². The van der Waals surface area contributed by atoms with Crippen LogP contribution in [0, 0.1) is 19.7 Å². The largest absolute Gasteiger partial charge is 0.448 e. The van der Waals surface area contributed by atoms with E-state index in [0.29, 0.717) is 16.3 Å². The zero-order valence-corrected chi connectivity index (χ0v) is 13.2. The number of thiazole rings is 1. The van der Waals surface area contributed by atoms with Crippen LogP contribution in [0.4, 0.5) is 10.1 Å². The maximum atomic E-state index is 13.1. The lowest BCUT2D eigenvalue weighted by atomic mass is 10.3. The quantitative estimate of drug-likeness (QED) is 0.878. The standard InChI is InChI=1S/C15H15FN2O3S/c1-8-13(22-10(3)17-8)15(20)21-9(2)14(19)18-12-6-4-5-11(16)7-12/h4-7,9H,1-3H3,(H,18,19)/t9-/m1/s1. The SMILES string of the molecule is Cc1nc(C)c(C(=O)O[C@H](C)C(=O)Nc2cccc(F)c2)s1. The molecule has 1 aromatic heterocycles. The van der Waals surface area contributed by atoms with Crippen LogP contribution in [-0.2, 0) is 9.53 Å². The molecule has 1 aromatic carbocycles. The normalized spacial score (nSPS) is 11.8. The molecular weight excluding hydrogens is 307 g/mol.